The molecule has 0 bridgehead atoms. The average Bonchev–Trinajstić information content (AvgIpc) is 3.54. The van der Waals surface area contributed by atoms with E-state index in [4.69, 9.17) is 23.4 Å². The Morgan fingerprint density at radius 1 is 1.06 bits per heavy atom. The molecule has 0 radical (unpaired) electrons. The predicted molar refractivity (Wildman–Crippen MR) is 159 cm³/mol. The van der Waals surface area contributed by atoms with Gasteiger partial charge in [-0.25, -0.2) is 0 Å². The molecular weight excluding hydrogens is 616 g/mol. The third kappa shape index (κ3) is 5.08. The summed E-state index contributed by atoms with van der Waals surface area (Å²) < 4.78 is 28.3. The lowest BCUT2D eigenvalue weighted by Gasteiger charge is -2.61. The second kappa shape index (κ2) is 11.6. The number of hydrogen-bond acceptors (Lipinski definition) is 12. The number of carboxylic acid groups (broad SMARTS) is 1. The van der Waals surface area contributed by atoms with Gasteiger partial charge in [-0.3, -0.25) is 28.8 Å². The second-order valence-corrected chi connectivity index (χ2v) is 14.5. The zero-order chi connectivity index (χ0) is 34.9. The third-order valence-electron chi connectivity index (χ3n) is 11.2. The highest BCUT2D eigenvalue weighted by Gasteiger charge is 2.78. The molecule has 0 amide bonds. The third-order valence-corrected chi connectivity index (χ3v) is 11.2. The molecule has 2 saturated carbocycles. The number of carbonyl (C=O) groups excluding carboxylic acids is 5. The Bertz CT molecular complexity index is 1510. The van der Waals surface area contributed by atoms with Crippen LogP contribution >= 0.6 is 0 Å². The fourth-order valence-corrected chi connectivity index (χ4v) is 9.13. The number of ketones is 1. The predicted octanol–water partition coefficient (Wildman–Crippen LogP) is 3.12. The number of ether oxygens (including phenoxy) is 4. The van der Waals surface area contributed by atoms with E-state index < -0.39 is 100.0 Å². The van der Waals surface area contributed by atoms with E-state index in [-0.39, 0.29) is 37.4 Å². The Labute approximate surface area is 271 Å². The number of aliphatic hydroxyl groups is 1. The number of Topliss-reactive ketones (excluding diaryl/α,β-unsaturated/α-hetero) is 1. The van der Waals surface area contributed by atoms with E-state index in [0.717, 1.165) is 6.92 Å². The quantitative estimate of drug-likeness (QED) is 0.247. The van der Waals surface area contributed by atoms with Crippen molar-refractivity contribution in [3.8, 4) is 0 Å². The van der Waals surface area contributed by atoms with Crippen molar-refractivity contribution in [1.82, 2.24) is 0 Å². The Morgan fingerprint density at radius 3 is 2.32 bits per heavy atom. The summed E-state index contributed by atoms with van der Waals surface area (Å²) in [6.45, 7) is 13.1. The molecule has 13 nitrogen and oxygen atoms in total. The molecule has 5 rings (SSSR count). The monoisotopic (exact) mass is 658 g/mol. The number of fused-ring (bicyclic) bond motifs is 2. The highest BCUT2D eigenvalue weighted by atomic mass is 16.6. The number of carboxylic acids is 1. The number of furan rings is 1. The molecule has 0 spiro atoms. The van der Waals surface area contributed by atoms with Crippen LogP contribution in [0, 0.1) is 34.5 Å². The van der Waals surface area contributed by atoms with Gasteiger partial charge >= 0.3 is 29.8 Å². The molecule has 0 aromatic carbocycles. The first kappa shape index (κ1) is 34.3. The summed E-state index contributed by atoms with van der Waals surface area (Å²) in [6, 6.07) is 1.60. The van der Waals surface area contributed by atoms with Crippen molar-refractivity contribution in [2.45, 2.75) is 96.6 Å². The van der Waals surface area contributed by atoms with Gasteiger partial charge in [0.15, 0.2) is 11.4 Å². The van der Waals surface area contributed by atoms with Crippen molar-refractivity contribution >= 4 is 35.6 Å². The number of esters is 4. The maximum atomic E-state index is 14.2. The van der Waals surface area contributed by atoms with Gasteiger partial charge in [0.25, 0.3) is 0 Å². The highest BCUT2D eigenvalue weighted by Crippen LogP contribution is 2.69. The first-order chi connectivity index (χ1) is 21.8. The van der Waals surface area contributed by atoms with E-state index in [1.807, 2.05) is 0 Å². The first-order valence-electron chi connectivity index (χ1n) is 15.8. The van der Waals surface area contributed by atoms with Crippen LogP contribution in [-0.4, -0.2) is 75.9 Å². The Hall–Kier alpha value is -4.00. The minimum absolute atomic E-state index is 0.0878. The molecule has 13 heteroatoms. The Morgan fingerprint density at radius 2 is 1.74 bits per heavy atom. The van der Waals surface area contributed by atoms with Gasteiger partial charge in [-0.1, -0.05) is 34.3 Å². The molecule has 2 N–H and O–H groups in total. The standard InChI is InChI=1S/C34H42O13/c1-16(2)10-25(38)46-29-27(30(40)41)28(17(3)34(42)22(36)11-20(33(29,34)7)19-8-9-43-14-19)32(6)21-12-24(37)44-15-31(21,5)47-26(39)13-23(32)45-18(4)35/h8-9,14,16,20-21,23,27-29,42H,3,10-13,15H2,1-2,4-7H3,(H,40,41). The van der Waals surface area contributed by atoms with Crippen LogP contribution in [0.2, 0.25) is 0 Å². The normalized spacial score (nSPS) is 40.1. The van der Waals surface area contributed by atoms with Gasteiger partial charge < -0.3 is 33.6 Å². The van der Waals surface area contributed by atoms with E-state index in [2.05, 4.69) is 6.58 Å². The largest absolute Gasteiger partial charge is 0.481 e. The minimum atomic E-state index is -2.47. The summed E-state index contributed by atoms with van der Waals surface area (Å²) in [5, 5.41) is 23.9. The van der Waals surface area contributed by atoms with Crippen LogP contribution in [-0.2, 0) is 47.7 Å². The number of hydrogen-bond donors (Lipinski definition) is 2. The Balaban J connectivity index is 1.82. The lowest BCUT2D eigenvalue weighted by molar-refractivity contribution is -0.228. The molecule has 1 aromatic heterocycles. The molecule has 4 aliphatic rings. The number of cyclic esters (lactones) is 1. The summed E-state index contributed by atoms with van der Waals surface area (Å²) >= 11 is 0. The molecule has 47 heavy (non-hydrogen) atoms. The number of aliphatic carboxylic acids is 1. The number of carbonyl (C=O) groups is 6. The SMILES string of the molecule is C=C1C(C2(C)C(OC(C)=O)CC(=O)OC3(C)COC(=O)CC32)C(C(=O)O)C(OC(=O)CC(C)C)C2(C)C(c3ccoc3)CC(=O)C12O. The number of rotatable bonds is 7. The molecule has 10 unspecified atom stereocenters. The maximum Gasteiger partial charge on any atom is 0.310 e. The van der Waals surface area contributed by atoms with Crippen molar-refractivity contribution in [3.05, 3.63) is 36.3 Å². The van der Waals surface area contributed by atoms with E-state index in [1.54, 1.807) is 26.8 Å². The summed E-state index contributed by atoms with van der Waals surface area (Å²) in [6.07, 6.45) is -1.55. The van der Waals surface area contributed by atoms with Crippen molar-refractivity contribution in [3.63, 3.8) is 0 Å². The Kier molecular flexibility index (Phi) is 8.48. The summed E-state index contributed by atoms with van der Waals surface area (Å²) in [5.74, 6) is -10.5. The first-order valence-corrected chi connectivity index (χ1v) is 15.8. The van der Waals surface area contributed by atoms with Crippen molar-refractivity contribution in [2.24, 2.45) is 34.5 Å². The zero-order valence-electron chi connectivity index (χ0n) is 27.4. The van der Waals surface area contributed by atoms with Crippen LogP contribution in [0.4, 0.5) is 0 Å². The second-order valence-electron chi connectivity index (χ2n) is 14.5. The highest BCUT2D eigenvalue weighted by molar-refractivity contribution is 5.97. The van der Waals surface area contributed by atoms with Gasteiger partial charge in [0, 0.05) is 42.9 Å². The van der Waals surface area contributed by atoms with Gasteiger partial charge in [0.1, 0.15) is 30.3 Å². The topological polar surface area (TPSA) is 193 Å². The molecular formula is C34H42O13. The van der Waals surface area contributed by atoms with Gasteiger partial charge in [0.05, 0.1) is 30.8 Å². The van der Waals surface area contributed by atoms with E-state index >= 15 is 0 Å². The molecule has 3 heterocycles. The smallest absolute Gasteiger partial charge is 0.310 e. The fourth-order valence-electron chi connectivity index (χ4n) is 9.13. The molecule has 256 valence electrons. The van der Waals surface area contributed by atoms with Crippen molar-refractivity contribution in [2.75, 3.05) is 6.61 Å². The van der Waals surface area contributed by atoms with Crippen LogP contribution < -0.4 is 0 Å². The summed E-state index contributed by atoms with van der Waals surface area (Å²) in [4.78, 5) is 80.0. The lowest BCUT2D eigenvalue weighted by atomic mass is 9.44. The van der Waals surface area contributed by atoms with Crippen LogP contribution in [0.1, 0.15) is 78.7 Å². The van der Waals surface area contributed by atoms with E-state index in [1.165, 1.54) is 26.4 Å². The van der Waals surface area contributed by atoms with Gasteiger partial charge in [-0.2, -0.15) is 0 Å². The minimum Gasteiger partial charge on any atom is -0.481 e. The molecule has 2 saturated heterocycles. The van der Waals surface area contributed by atoms with Gasteiger partial charge in [0.2, 0.25) is 0 Å². The maximum absolute atomic E-state index is 14.2. The van der Waals surface area contributed by atoms with Crippen LogP contribution in [0.15, 0.2) is 35.2 Å². The summed E-state index contributed by atoms with van der Waals surface area (Å²) in [5.41, 5.74) is -7.21. The van der Waals surface area contributed by atoms with Gasteiger partial charge in [-0.15, -0.1) is 0 Å². The van der Waals surface area contributed by atoms with Crippen LogP contribution in [0.3, 0.4) is 0 Å². The molecule has 2 aliphatic heterocycles. The lowest BCUT2D eigenvalue weighted by Crippen LogP contribution is -2.71. The van der Waals surface area contributed by atoms with E-state index in [0.29, 0.717) is 5.56 Å². The van der Waals surface area contributed by atoms with Crippen molar-refractivity contribution in [1.29, 1.82) is 0 Å². The van der Waals surface area contributed by atoms with Gasteiger partial charge in [-0.05, 0) is 30.0 Å². The molecule has 2 aliphatic carbocycles. The van der Waals surface area contributed by atoms with Crippen molar-refractivity contribution < 1.29 is 62.3 Å². The van der Waals surface area contributed by atoms with Crippen LogP contribution in [0.5, 0.6) is 0 Å². The fraction of sp³-hybridized carbons (Fsp3) is 0.647. The molecule has 4 fully saturated rings. The van der Waals surface area contributed by atoms with E-state index in [9.17, 15) is 39.0 Å². The average molecular weight is 659 g/mol. The zero-order valence-corrected chi connectivity index (χ0v) is 27.4. The molecule has 10 atom stereocenters. The summed E-state index contributed by atoms with van der Waals surface area (Å²) in [7, 11) is 0. The van der Waals surface area contributed by atoms with Crippen LogP contribution in [0.25, 0.3) is 0 Å². The molecule has 1 aromatic rings.